The summed E-state index contributed by atoms with van der Waals surface area (Å²) in [5, 5.41) is 11.4. The molecule has 0 aromatic carbocycles. The Hall–Kier alpha value is -0.930. The molecular weight excluding hydrogens is 360 g/mol. The standard InChI is InChI=1S/C23H31ClO3/c1-13-9-17-16-6-5-14-10-15(25)7-8-21(14,2)20(16)18(26)11-22(17,3)23(13,4)19(27)12-24/h7-8,10,13,16-18,20,26H,5-6,9,11-12H2,1-4H3/t13-,16+,17+,18+,20-,21+,22+,23-/m1/s1. The van der Waals surface area contributed by atoms with Gasteiger partial charge < -0.3 is 5.11 Å². The summed E-state index contributed by atoms with van der Waals surface area (Å²) in [6.45, 7) is 8.68. The third-order valence-electron chi connectivity index (χ3n) is 9.37. The number of hydrogen-bond donors (Lipinski definition) is 1. The second kappa shape index (κ2) is 6.03. The third-order valence-corrected chi connectivity index (χ3v) is 9.61. The van der Waals surface area contributed by atoms with Crippen LogP contribution in [0.15, 0.2) is 23.8 Å². The molecule has 0 aromatic rings. The average Bonchev–Trinajstić information content (AvgIpc) is 2.82. The van der Waals surface area contributed by atoms with Crippen LogP contribution in [0.5, 0.6) is 0 Å². The van der Waals surface area contributed by atoms with E-state index in [1.165, 1.54) is 5.57 Å². The number of rotatable bonds is 2. The summed E-state index contributed by atoms with van der Waals surface area (Å²) in [5.74, 6) is 1.37. The summed E-state index contributed by atoms with van der Waals surface area (Å²) in [5.41, 5.74) is 0.200. The molecule has 0 heterocycles. The highest BCUT2D eigenvalue weighted by atomic mass is 35.5. The molecule has 0 spiro atoms. The van der Waals surface area contributed by atoms with Gasteiger partial charge in [0.2, 0.25) is 0 Å². The second-order valence-corrected chi connectivity index (χ2v) is 10.4. The number of carbonyl (C=O) groups excluding carboxylic acids is 2. The Labute approximate surface area is 167 Å². The number of Topliss-reactive ketones (excluding diaryl/α,β-unsaturated/α-hetero) is 1. The van der Waals surface area contributed by atoms with Gasteiger partial charge in [0.25, 0.3) is 0 Å². The molecule has 0 aliphatic heterocycles. The fraction of sp³-hybridized carbons (Fsp3) is 0.739. The van der Waals surface area contributed by atoms with E-state index >= 15 is 0 Å². The summed E-state index contributed by atoms with van der Waals surface area (Å²) >= 11 is 6.02. The molecule has 1 N–H and O–H groups in total. The highest BCUT2D eigenvalue weighted by Gasteiger charge is 2.68. The summed E-state index contributed by atoms with van der Waals surface area (Å²) in [7, 11) is 0. The molecule has 0 aromatic heterocycles. The number of fused-ring (bicyclic) bond motifs is 5. The van der Waals surface area contributed by atoms with Gasteiger partial charge in [-0.1, -0.05) is 39.3 Å². The lowest BCUT2D eigenvalue weighted by Gasteiger charge is -2.60. The Balaban J connectivity index is 1.78. The van der Waals surface area contributed by atoms with Crippen molar-refractivity contribution in [3.8, 4) is 0 Å². The van der Waals surface area contributed by atoms with E-state index in [0.29, 0.717) is 18.3 Å². The zero-order valence-corrected chi connectivity index (χ0v) is 17.6. The van der Waals surface area contributed by atoms with E-state index in [-0.39, 0.29) is 40.1 Å². The molecule has 0 radical (unpaired) electrons. The maximum atomic E-state index is 12.9. The number of alkyl halides is 1. The zero-order chi connectivity index (χ0) is 19.8. The first-order valence-corrected chi connectivity index (χ1v) is 10.8. The molecule has 4 rings (SSSR count). The van der Waals surface area contributed by atoms with Crippen LogP contribution in [0, 0.1) is 39.9 Å². The molecule has 3 fully saturated rings. The minimum absolute atomic E-state index is 0.0444. The van der Waals surface area contributed by atoms with Crippen molar-refractivity contribution in [3.63, 3.8) is 0 Å². The van der Waals surface area contributed by atoms with Crippen LogP contribution < -0.4 is 0 Å². The maximum absolute atomic E-state index is 12.9. The molecule has 8 atom stereocenters. The van der Waals surface area contributed by atoms with Gasteiger partial charge in [-0.2, -0.15) is 0 Å². The van der Waals surface area contributed by atoms with Crippen molar-refractivity contribution in [2.45, 2.75) is 59.5 Å². The summed E-state index contributed by atoms with van der Waals surface area (Å²) in [4.78, 5) is 24.8. The van der Waals surface area contributed by atoms with Crippen LogP contribution in [0.1, 0.15) is 53.4 Å². The first kappa shape index (κ1) is 19.4. The molecule has 4 aliphatic carbocycles. The van der Waals surface area contributed by atoms with Gasteiger partial charge >= 0.3 is 0 Å². The van der Waals surface area contributed by atoms with Gasteiger partial charge in [0.05, 0.1) is 12.0 Å². The van der Waals surface area contributed by atoms with Crippen molar-refractivity contribution in [1.82, 2.24) is 0 Å². The van der Waals surface area contributed by atoms with E-state index < -0.39 is 11.5 Å². The fourth-order valence-corrected chi connectivity index (χ4v) is 7.89. The van der Waals surface area contributed by atoms with Gasteiger partial charge in [-0.3, -0.25) is 9.59 Å². The number of aliphatic hydroxyl groups excluding tert-OH is 1. The van der Waals surface area contributed by atoms with Crippen LogP contribution in [0.4, 0.5) is 0 Å². The van der Waals surface area contributed by atoms with Crippen molar-refractivity contribution in [3.05, 3.63) is 23.8 Å². The lowest BCUT2D eigenvalue weighted by molar-refractivity contribution is -0.154. The van der Waals surface area contributed by atoms with Crippen molar-refractivity contribution in [2.75, 3.05) is 5.88 Å². The molecular formula is C23H31ClO3. The Kier molecular flexibility index (Phi) is 4.33. The van der Waals surface area contributed by atoms with Gasteiger partial charge in [-0.05, 0) is 61.0 Å². The summed E-state index contributed by atoms with van der Waals surface area (Å²) in [6, 6.07) is 0. The Morgan fingerprint density at radius 2 is 2.04 bits per heavy atom. The van der Waals surface area contributed by atoms with E-state index in [9.17, 15) is 14.7 Å². The third kappa shape index (κ3) is 2.31. The van der Waals surface area contributed by atoms with Crippen LogP contribution in [-0.4, -0.2) is 28.7 Å². The molecule has 4 heteroatoms. The molecule has 3 saturated carbocycles. The SMILES string of the molecule is C[C@@H]1C[C@H]2[C@@H]3CCC4=CC(=O)C=C[C@]4(C)[C@H]3[C@@H](O)C[C@]2(C)[C@@]1(C)C(=O)CCl. The van der Waals surface area contributed by atoms with Gasteiger partial charge in [0, 0.05) is 16.7 Å². The van der Waals surface area contributed by atoms with Crippen molar-refractivity contribution >= 4 is 23.2 Å². The number of hydrogen-bond acceptors (Lipinski definition) is 3. The lowest BCUT2D eigenvalue weighted by atomic mass is 9.45. The predicted molar refractivity (Wildman–Crippen MR) is 106 cm³/mol. The monoisotopic (exact) mass is 390 g/mol. The maximum Gasteiger partial charge on any atom is 0.178 e. The molecule has 0 amide bonds. The summed E-state index contributed by atoms with van der Waals surface area (Å²) < 4.78 is 0. The molecule has 3 nitrogen and oxygen atoms in total. The predicted octanol–water partition coefficient (Wildman–Crippen LogP) is 4.33. The van der Waals surface area contributed by atoms with Crippen molar-refractivity contribution in [2.24, 2.45) is 39.9 Å². The van der Waals surface area contributed by atoms with E-state index in [4.69, 9.17) is 11.6 Å². The lowest BCUT2D eigenvalue weighted by Crippen LogP contribution is -2.58. The smallest absolute Gasteiger partial charge is 0.178 e. The van der Waals surface area contributed by atoms with E-state index in [2.05, 4.69) is 27.7 Å². The minimum Gasteiger partial charge on any atom is -0.393 e. The molecule has 0 bridgehead atoms. The largest absolute Gasteiger partial charge is 0.393 e. The fourth-order valence-electron chi connectivity index (χ4n) is 7.62. The Morgan fingerprint density at radius 3 is 2.70 bits per heavy atom. The van der Waals surface area contributed by atoms with Gasteiger partial charge in [-0.25, -0.2) is 0 Å². The van der Waals surface area contributed by atoms with Crippen molar-refractivity contribution < 1.29 is 14.7 Å². The number of allylic oxidation sites excluding steroid dienone is 4. The molecule has 148 valence electrons. The molecule has 0 unspecified atom stereocenters. The van der Waals surface area contributed by atoms with E-state index in [1.807, 2.05) is 6.08 Å². The normalized spacial score (nSPS) is 51.3. The van der Waals surface area contributed by atoms with Crippen molar-refractivity contribution in [1.29, 1.82) is 0 Å². The Morgan fingerprint density at radius 1 is 1.33 bits per heavy atom. The quantitative estimate of drug-likeness (QED) is 0.714. The average molecular weight is 391 g/mol. The number of aliphatic hydroxyl groups is 1. The topological polar surface area (TPSA) is 54.4 Å². The minimum atomic E-state index is -0.485. The summed E-state index contributed by atoms with van der Waals surface area (Å²) in [6.07, 6.45) is 8.56. The Bertz CT molecular complexity index is 755. The molecule has 0 saturated heterocycles. The molecule has 4 aliphatic rings. The van der Waals surface area contributed by atoms with Crippen LogP contribution in [0.3, 0.4) is 0 Å². The van der Waals surface area contributed by atoms with Crippen LogP contribution in [0.25, 0.3) is 0 Å². The van der Waals surface area contributed by atoms with Crippen LogP contribution >= 0.6 is 11.6 Å². The number of carbonyl (C=O) groups is 2. The highest BCUT2D eigenvalue weighted by Crippen LogP contribution is 2.71. The van der Waals surface area contributed by atoms with E-state index in [0.717, 1.165) is 19.3 Å². The van der Waals surface area contributed by atoms with Crippen LogP contribution in [0.2, 0.25) is 0 Å². The van der Waals surface area contributed by atoms with Gasteiger partial charge in [-0.15, -0.1) is 11.6 Å². The molecule has 27 heavy (non-hydrogen) atoms. The first-order chi connectivity index (χ1) is 12.6. The number of ketones is 2. The number of halogens is 1. The van der Waals surface area contributed by atoms with Gasteiger partial charge in [0.1, 0.15) is 0 Å². The zero-order valence-electron chi connectivity index (χ0n) is 16.8. The van der Waals surface area contributed by atoms with Gasteiger partial charge in [0.15, 0.2) is 11.6 Å². The second-order valence-electron chi connectivity index (χ2n) is 10.1. The first-order valence-electron chi connectivity index (χ1n) is 10.3. The van der Waals surface area contributed by atoms with Crippen LogP contribution in [-0.2, 0) is 9.59 Å². The highest BCUT2D eigenvalue weighted by molar-refractivity contribution is 6.28. The van der Waals surface area contributed by atoms with E-state index in [1.54, 1.807) is 12.2 Å².